The van der Waals surface area contributed by atoms with Crippen molar-refractivity contribution in [1.29, 1.82) is 0 Å². The topological polar surface area (TPSA) is 43.4 Å². The van der Waals surface area contributed by atoms with Crippen molar-refractivity contribution in [2.75, 3.05) is 0 Å². The van der Waals surface area contributed by atoms with Gasteiger partial charge in [0.1, 0.15) is 11.4 Å². The van der Waals surface area contributed by atoms with Crippen LogP contribution in [0.15, 0.2) is 36.4 Å². The number of carbonyl (C=O) groups excluding carboxylic acids is 2. The monoisotopic (exact) mass is 270 g/mol. The molecule has 3 heteroatoms. The van der Waals surface area contributed by atoms with Crippen LogP contribution in [-0.4, -0.2) is 11.8 Å². The number of fused-ring (bicyclic) bond motifs is 2. The van der Waals surface area contributed by atoms with Gasteiger partial charge in [0.25, 0.3) is 0 Å². The highest BCUT2D eigenvalue weighted by atomic mass is 16.6. The van der Waals surface area contributed by atoms with Crippen LogP contribution in [0.1, 0.15) is 48.5 Å². The standard InChI is InChI=1S/C17H18O3/c1-11(2)9-12-7-8-13(18)10-17(12)15-6-4-3-5-14(15)16(19)20-17/h3-6,12H,1,7-10H2,2H3. The van der Waals surface area contributed by atoms with Crippen molar-refractivity contribution >= 4 is 11.8 Å². The maximum atomic E-state index is 12.1. The van der Waals surface area contributed by atoms with Crippen LogP contribution in [0, 0.1) is 5.92 Å². The second kappa shape index (κ2) is 4.58. The highest BCUT2D eigenvalue weighted by molar-refractivity contribution is 5.96. The van der Waals surface area contributed by atoms with Gasteiger partial charge < -0.3 is 4.74 Å². The summed E-state index contributed by atoms with van der Waals surface area (Å²) in [7, 11) is 0. The van der Waals surface area contributed by atoms with Crippen LogP contribution in [-0.2, 0) is 15.1 Å². The molecular weight excluding hydrogens is 252 g/mol. The van der Waals surface area contributed by atoms with Gasteiger partial charge in [-0.05, 0) is 25.8 Å². The van der Waals surface area contributed by atoms with Crippen molar-refractivity contribution in [3.8, 4) is 0 Å². The second-order valence-corrected chi connectivity index (χ2v) is 5.94. The highest BCUT2D eigenvalue weighted by Crippen LogP contribution is 2.50. The van der Waals surface area contributed by atoms with E-state index < -0.39 is 5.60 Å². The first-order valence-corrected chi connectivity index (χ1v) is 7.02. The van der Waals surface area contributed by atoms with Crippen LogP contribution in [0.5, 0.6) is 0 Å². The molecule has 1 heterocycles. The van der Waals surface area contributed by atoms with Crippen LogP contribution in [0.25, 0.3) is 0 Å². The molecule has 0 N–H and O–H groups in total. The Labute approximate surface area is 118 Å². The average molecular weight is 270 g/mol. The van der Waals surface area contributed by atoms with Gasteiger partial charge in [-0.1, -0.05) is 23.8 Å². The van der Waals surface area contributed by atoms with Gasteiger partial charge in [0.2, 0.25) is 0 Å². The van der Waals surface area contributed by atoms with E-state index >= 15 is 0 Å². The minimum absolute atomic E-state index is 0.144. The average Bonchev–Trinajstić information content (AvgIpc) is 2.67. The minimum atomic E-state index is -0.762. The fraction of sp³-hybridized carbons (Fsp3) is 0.412. The number of Topliss-reactive ketones (excluding diaryl/α,β-unsaturated/α-hetero) is 1. The Bertz CT molecular complexity index is 598. The molecule has 1 aliphatic carbocycles. The molecular formula is C17H18O3. The Morgan fingerprint density at radius 1 is 1.40 bits per heavy atom. The predicted molar refractivity (Wildman–Crippen MR) is 75.3 cm³/mol. The second-order valence-electron chi connectivity index (χ2n) is 5.94. The number of esters is 1. The van der Waals surface area contributed by atoms with Crippen molar-refractivity contribution in [3.63, 3.8) is 0 Å². The number of ketones is 1. The van der Waals surface area contributed by atoms with Crippen molar-refractivity contribution in [3.05, 3.63) is 47.5 Å². The molecule has 3 nitrogen and oxygen atoms in total. The Kier molecular flexibility index (Phi) is 3.00. The zero-order valence-corrected chi connectivity index (χ0v) is 11.6. The van der Waals surface area contributed by atoms with Gasteiger partial charge in [-0.25, -0.2) is 4.79 Å². The summed E-state index contributed by atoms with van der Waals surface area (Å²) in [5, 5.41) is 0. The lowest BCUT2D eigenvalue weighted by atomic mass is 9.69. The maximum absolute atomic E-state index is 12.1. The lowest BCUT2D eigenvalue weighted by Crippen LogP contribution is -2.41. The number of hydrogen-bond donors (Lipinski definition) is 0. The third kappa shape index (κ3) is 1.89. The van der Waals surface area contributed by atoms with Crippen molar-refractivity contribution in [1.82, 2.24) is 0 Å². The fourth-order valence-electron chi connectivity index (χ4n) is 3.52. The Balaban J connectivity index is 2.10. The minimum Gasteiger partial charge on any atom is -0.450 e. The molecule has 1 saturated carbocycles. The molecule has 20 heavy (non-hydrogen) atoms. The van der Waals surface area contributed by atoms with Gasteiger partial charge in [0.05, 0.1) is 12.0 Å². The summed E-state index contributed by atoms with van der Waals surface area (Å²) in [6.45, 7) is 5.95. The molecule has 0 amide bonds. The van der Waals surface area contributed by atoms with E-state index in [4.69, 9.17) is 4.74 Å². The summed E-state index contributed by atoms with van der Waals surface area (Å²) in [4.78, 5) is 24.1. The Hall–Kier alpha value is -1.90. The Morgan fingerprint density at radius 3 is 2.90 bits per heavy atom. The molecule has 1 aromatic carbocycles. The van der Waals surface area contributed by atoms with Crippen molar-refractivity contribution < 1.29 is 14.3 Å². The molecule has 0 saturated heterocycles. The van der Waals surface area contributed by atoms with E-state index in [0.29, 0.717) is 18.4 Å². The lowest BCUT2D eigenvalue weighted by Gasteiger charge is -2.40. The summed E-state index contributed by atoms with van der Waals surface area (Å²) >= 11 is 0. The molecule has 0 aromatic heterocycles. The number of rotatable bonds is 2. The van der Waals surface area contributed by atoms with E-state index in [1.165, 1.54) is 0 Å². The molecule has 1 aliphatic heterocycles. The number of ether oxygens (including phenoxy) is 1. The third-order valence-corrected chi connectivity index (χ3v) is 4.36. The number of carbonyl (C=O) groups is 2. The van der Waals surface area contributed by atoms with Gasteiger partial charge in [0.15, 0.2) is 0 Å². The van der Waals surface area contributed by atoms with E-state index in [2.05, 4.69) is 6.58 Å². The number of allylic oxidation sites excluding steroid dienone is 1. The van der Waals surface area contributed by atoms with Gasteiger partial charge in [-0.15, -0.1) is 6.58 Å². The molecule has 1 spiro atoms. The quantitative estimate of drug-likeness (QED) is 0.611. The van der Waals surface area contributed by atoms with Crippen molar-refractivity contribution in [2.45, 2.75) is 38.2 Å². The van der Waals surface area contributed by atoms with Gasteiger partial charge in [0, 0.05) is 17.9 Å². The lowest BCUT2D eigenvalue weighted by molar-refractivity contribution is -0.133. The van der Waals surface area contributed by atoms with E-state index in [-0.39, 0.29) is 17.7 Å². The third-order valence-electron chi connectivity index (χ3n) is 4.36. The van der Waals surface area contributed by atoms with Crippen LogP contribution in [0.2, 0.25) is 0 Å². The molecule has 0 bridgehead atoms. The highest BCUT2D eigenvalue weighted by Gasteiger charge is 2.53. The van der Waals surface area contributed by atoms with Crippen LogP contribution in [0.4, 0.5) is 0 Å². The van der Waals surface area contributed by atoms with Crippen LogP contribution >= 0.6 is 0 Å². The largest absolute Gasteiger partial charge is 0.450 e. The summed E-state index contributed by atoms with van der Waals surface area (Å²) in [5.41, 5.74) is 1.78. The molecule has 3 rings (SSSR count). The number of hydrogen-bond acceptors (Lipinski definition) is 3. The zero-order chi connectivity index (χ0) is 14.3. The first-order chi connectivity index (χ1) is 9.53. The molecule has 2 atom stereocenters. The van der Waals surface area contributed by atoms with Crippen LogP contribution < -0.4 is 0 Å². The first kappa shape index (κ1) is 13.1. The van der Waals surface area contributed by atoms with Gasteiger partial charge >= 0.3 is 5.97 Å². The van der Waals surface area contributed by atoms with Gasteiger partial charge in [-0.3, -0.25) is 4.79 Å². The van der Waals surface area contributed by atoms with E-state index in [1.54, 1.807) is 6.07 Å². The van der Waals surface area contributed by atoms with E-state index in [1.807, 2.05) is 25.1 Å². The molecule has 1 aromatic rings. The maximum Gasteiger partial charge on any atom is 0.339 e. The number of benzene rings is 1. The molecule has 2 unspecified atom stereocenters. The smallest absolute Gasteiger partial charge is 0.339 e. The molecule has 104 valence electrons. The molecule has 1 fully saturated rings. The SMILES string of the molecule is C=C(C)CC1CCC(=O)CC12OC(=O)c1ccccc12. The van der Waals surface area contributed by atoms with E-state index in [9.17, 15) is 9.59 Å². The normalized spacial score (nSPS) is 28.4. The van der Waals surface area contributed by atoms with Gasteiger partial charge in [-0.2, -0.15) is 0 Å². The first-order valence-electron chi connectivity index (χ1n) is 7.02. The van der Waals surface area contributed by atoms with Crippen LogP contribution in [0.3, 0.4) is 0 Å². The zero-order valence-electron chi connectivity index (χ0n) is 11.6. The fourth-order valence-corrected chi connectivity index (χ4v) is 3.52. The molecule has 0 radical (unpaired) electrons. The summed E-state index contributed by atoms with van der Waals surface area (Å²) in [5.74, 6) is 0.0137. The van der Waals surface area contributed by atoms with E-state index in [0.717, 1.165) is 24.0 Å². The van der Waals surface area contributed by atoms with Crippen molar-refractivity contribution in [2.24, 2.45) is 5.92 Å². The molecule has 2 aliphatic rings. The Morgan fingerprint density at radius 2 is 2.15 bits per heavy atom. The predicted octanol–water partition coefficient (Wildman–Crippen LogP) is 3.39. The summed E-state index contributed by atoms with van der Waals surface area (Å²) in [6.07, 6.45) is 2.41. The summed E-state index contributed by atoms with van der Waals surface area (Å²) < 4.78 is 5.74. The summed E-state index contributed by atoms with van der Waals surface area (Å²) in [6, 6.07) is 7.44.